The zero-order valence-corrected chi connectivity index (χ0v) is 9.27. The monoisotopic (exact) mass is 230 g/mol. The van der Waals surface area contributed by atoms with Crippen molar-refractivity contribution in [1.29, 1.82) is 0 Å². The van der Waals surface area contributed by atoms with Crippen LogP contribution in [0.5, 0.6) is 0 Å². The summed E-state index contributed by atoms with van der Waals surface area (Å²) in [5.41, 5.74) is -2.36. The zero-order valence-electron chi connectivity index (χ0n) is 9.27. The van der Waals surface area contributed by atoms with Crippen molar-refractivity contribution < 1.29 is 23.8 Å². The Kier molecular flexibility index (Phi) is 1.81. The van der Waals surface area contributed by atoms with E-state index < -0.39 is 35.4 Å². The maximum absolute atomic E-state index is 14.2. The van der Waals surface area contributed by atoms with Crippen LogP contribution in [0.1, 0.15) is 26.7 Å². The number of hydrogen-bond donors (Lipinski definition) is 1. The number of halogens is 1. The van der Waals surface area contributed by atoms with Crippen LogP contribution < -0.4 is 0 Å². The van der Waals surface area contributed by atoms with Crippen molar-refractivity contribution >= 4 is 5.97 Å². The minimum absolute atomic E-state index is 0.187. The highest BCUT2D eigenvalue weighted by Gasteiger charge is 2.82. The molecule has 0 aromatic heterocycles. The molecule has 1 unspecified atom stereocenters. The van der Waals surface area contributed by atoms with Gasteiger partial charge in [-0.05, 0) is 13.3 Å². The summed E-state index contributed by atoms with van der Waals surface area (Å²) in [5.74, 6) is -0.945. The molecule has 3 fully saturated rings. The van der Waals surface area contributed by atoms with Crippen LogP contribution in [-0.4, -0.2) is 40.7 Å². The number of fused-ring (bicyclic) bond motifs is 3. The molecule has 6 atom stereocenters. The van der Waals surface area contributed by atoms with Crippen molar-refractivity contribution in [1.82, 2.24) is 0 Å². The summed E-state index contributed by atoms with van der Waals surface area (Å²) in [5, 5.41) is 10.1. The number of alkyl halides is 1. The van der Waals surface area contributed by atoms with Crippen LogP contribution in [0.15, 0.2) is 0 Å². The second-order valence-electron chi connectivity index (χ2n) is 5.28. The highest BCUT2D eigenvalue weighted by atomic mass is 19.1. The zero-order chi connectivity index (χ0) is 11.7. The summed E-state index contributed by atoms with van der Waals surface area (Å²) in [6.07, 6.45) is -1.45. The van der Waals surface area contributed by atoms with Crippen molar-refractivity contribution in [3.05, 3.63) is 0 Å². The number of aliphatic hydroxyl groups is 1. The molecule has 0 aromatic rings. The molecule has 0 radical (unpaired) electrons. The summed E-state index contributed by atoms with van der Waals surface area (Å²) >= 11 is 0. The van der Waals surface area contributed by atoms with Gasteiger partial charge in [0.25, 0.3) is 0 Å². The van der Waals surface area contributed by atoms with Crippen LogP contribution in [0.3, 0.4) is 0 Å². The molecule has 1 heterocycles. The third-order valence-electron chi connectivity index (χ3n) is 4.06. The van der Waals surface area contributed by atoms with Crippen LogP contribution in [0.25, 0.3) is 0 Å². The van der Waals surface area contributed by atoms with E-state index in [-0.39, 0.29) is 6.10 Å². The van der Waals surface area contributed by atoms with Gasteiger partial charge in [0.15, 0.2) is 5.60 Å². The molecular weight excluding hydrogens is 215 g/mol. The molecule has 1 aliphatic heterocycles. The number of rotatable bonds is 1. The number of hydrogen-bond acceptors (Lipinski definition) is 4. The average molecular weight is 230 g/mol. The van der Waals surface area contributed by atoms with Gasteiger partial charge in [-0.3, -0.25) is 4.79 Å². The Morgan fingerprint density at radius 2 is 2.25 bits per heavy atom. The Bertz CT molecular complexity index is 360. The standard InChI is InChI=1S/C11H15FO4/c1-5-3-11(16-6(2)13)8(12)7-4-10(7,14)9(11)15-5/h5,7-9,14H,3-4H2,1-2H3/t5-,7-,8?,9+,10+,11+/m0/s1. The molecule has 0 amide bonds. The van der Waals surface area contributed by atoms with Gasteiger partial charge in [-0.15, -0.1) is 0 Å². The van der Waals surface area contributed by atoms with E-state index in [1.807, 2.05) is 0 Å². The second-order valence-corrected chi connectivity index (χ2v) is 5.28. The Morgan fingerprint density at radius 1 is 1.56 bits per heavy atom. The number of carbonyl (C=O) groups excluding carboxylic acids is 1. The first kappa shape index (κ1) is 10.5. The number of carbonyl (C=O) groups is 1. The third kappa shape index (κ3) is 1.03. The number of ether oxygens (including phenoxy) is 2. The van der Waals surface area contributed by atoms with Gasteiger partial charge < -0.3 is 14.6 Å². The van der Waals surface area contributed by atoms with E-state index in [4.69, 9.17) is 9.47 Å². The van der Waals surface area contributed by atoms with Crippen LogP contribution in [-0.2, 0) is 14.3 Å². The molecule has 4 nitrogen and oxygen atoms in total. The molecule has 0 bridgehead atoms. The summed E-state index contributed by atoms with van der Waals surface area (Å²) in [7, 11) is 0. The second kappa shape index (κ2) is 2.76. The molecule has 2 aliphatic carbocycles. The first-order valence-corrected chi connectivity index (χ1v) is 5.61. The lowest BCUT2D eigenvalue weighted by molar-refractivity contribution is -0.175. The van der Waals surface area contributed by atoms with Gasteiger partial charge in [0, 0.05) is 19.3 Å². The molecule has 90 valence electrons. The lowest BCUT2D eigenvalue weighted by Gasteiger charge is -2.32. The van der Waals surface area contributed by atoms with Crippen LogP contribution in [0.4, 0.5) is 4.39 Å². The fourth-order valence-corrected chi connectivity index (χ4v) is 3.46. The van der Waals surface area contributed by atoms with Gasteiger partial charge in [-0.1, -0.05) is 0 Å². The highest BCUT2D eigenvalue weighted by Crippen LogP contribution is 2.66. The van der Waals surface area contributed by atoms with E-state index >= 15 is 0 Å². The molecule has 1 N–H and O–H groups in total. The molecule has 1 saturated heterocycles. The Hall–Kier alpha value is -0.680. The molecule has 16 heavy (non-hydrogen) atoms. The van der Waals surface area contributed by atoms with Crippen molar-refractivity contribution in [3.63, 3.8) is 0 Å². The molecule has 5 heteroatoms. The van der Waals surface area contributed by atoms with Crippen molar-refractivity contribution in [2.24, 2.45) is 5.92 Å². The summed E-state index contributed by atoms with van der Waals surface area (Å²) in [4.78, 5) is 11.1. The predicted octanol–water partition coefficient (Wildman–Crippen LogP) is 0.568. The minimum Gasteiger partial charge on any atom is -0.453 e. The SMILES string of the molecule is CC(=O)O[C@@]12C[C@H](C)O[C@@H]1[C@@]1(O)C[C@H]1C2F. The van der Waals surface area contributed by atoms with Crippen LogP contribution in [0.2, 0.25) is 0 Å². The molecule has 2 saturated carbocycles. The van der Waals surface area contributed by atoms with Gasteiger partial charge >= 0.3 is 5.97 Å². The lowest BCUT2D eigenvalue weighted by atomic mass is 9.89. The third-order valence-corrected chi connectivity index (χ3v) is 4.06. The van der Waals surface area contributed by atoms with Gasteiger partial charge in [-0.2, -0.15) is 0 Å². The maximum Gasteiger partial charge on any atom is 0.303 e. The van der Waals surface area contributed by atoms with E-state index in [0.29, 0.717) is 12.8 Å². The average Bonchev–Trinajstić information content (AvgIpc) is 2.67. The summed E-state index contributed by atoms with van der Waals surface area (Å²) in [6, 6.07) is 0. The normalized spacial score (nSPS) is 58.0. The summed E-state index contributed by atoms with van der Waals surface area (Å²) in [6.45, 7) is 3.06. The molecule has 3 aliphatic rings. The molecule has 0 spiro atoms. The van der Waals surface area contributed by atoms with Crippen molar-refractivity contribution in [2.45, 2.75) is 56.3 Å². The first-order valence-electron chi connectivity index (χ1n) is 5.61. The fourth-order valence-electron chi connectivity index (χ4n) is 3.46. The first-order chi connectivity index (χ1) is 7.40. The fraction of sp³-hybridized carbons (Fsp3) is 0.909. The Balaban J connectivity index is 1.97. The van der Waals surface area contributed by atoms with Gasteiger partial charge in [-0.25, -0.2) is 4.39 Å². The van der Waals surface area contributed by atoms with Gasteiger partial charge in [0.1, 0.15) is 17.9 Å². The molecule has 0 aromatic carbocycles. The Morgan fingerprint density at radius 3 is 2.88 bits per heavy atom. The van der Waals surface area contributed by atoms with E-state index in [1.54, 1.807) is 6.92 Å². The molecule has 3 rings (SSSR count). The molecular formula is C11H15FO4. The smallest absolute Gasteiger partial charge is 0.303 e. The van der Waals surface area contributed by atoms with Crippen molar-refractivity contribution in [3.8, 4) is 0 Å². The van der Waals surface area contributed by atoms with Gasteiger partial charge in [0.05, 0.1) is 6.10 Å². The van der Waals surface area contributed by atoms with Gasteiger partial charge in [0.2, 0.25) is 0 Å². The van der Waals surface area contributed by atoms with E-state index in [2.05, 4.69) is 0 Å². The highest BCUT2D eigenvalue weighted by molar-refractivity contribution is 5.67. The van der Waals surface area contributed by atoms with Crippen LogP contribution >= 0.6 is 0 Å². The minimum atomic E-state index is -1.31. The van der Waals surface area contributed by atoms with Crippen molar-refractivity contribution in [2.75, 3.05) is 0 Å². The predicted molar refractivity (Wildman–Crippen MR) is 51.4 cm³/mol. The van der Waals surface area contributed by atoms with E-state index in [1.165, 1.54) is 6.92 Å². The summed E-state index contributed by atoms with van der Waals surface area (Å²) < 4.78 is 25.0. The lowest BCUT2D eigenvalue weighted by Crippen LogP contribution is -2.50. The van der Waals surface area contributed by atoms with E-state index in [0.717, 1.165) is 0 Å². The largest absolute Gasteiger partial charge is 0.453 e. The maximum atomic E-state index is 14.2. The van der Waals surface area contributed by atoms with Crippen LogP contribution in [0, 0.1) is 5.92 Å². The topological polar surface area (TPSA) is 55.8 Å². The Labute approximate surface area is 92.7 Å². The quantitative estimate of drug-likeness (QED) is 0.669. The number of esters is 1. The van der Waals surface area contributed by atoms with E-state index in [9.17, 15) is 14.3 Å².